The molecule has 0 radical (unpaired) electrons. The highest BCUT2D eigenvalue weighted by molar-refractivity contribution is 5.87. The first-order chi connectivity index (χ1) is 16.8. The molecule has 1 heterocycles. The second kappa shape index (κ2) is 10.5. The van der Waals surface area contributed by atoms with E-state index < -0.39 is 24.0 Å². The molecule has 0 saturated carbocycles. The van der Waals surface area contributed by atoms with Crippen LogP contribution in [-0.4, -0.2) is 53.7 Å². The van der Waals surface area contributed by atoms with E-state index in [0.29, 0.717) is 18.9 Å². The normalized spacial score (nSPS) is 19.8. The lowest BCUT2D eigenvalue weighted by Crippen LogP contribution is -2.48. The molecular formula is C28H34N2O5. The Labute approximate surface area is 206 Å². The van der Waals surface area contributed by atoms with Crippen LogP contribution < -0.4 is 5.32 Å². The van der Waals surface area contributed by atoms with E-state index in [-0.39, 0.29) is 30.9 Å². The van der Waals surface area contributed by atoms with Crippen LogP contribution in [0, 0.1) is 17.8 Å². The minimum absolute atomic E-state index is 0.0614. The molecule has 2 aromatic rings. The molecule has 0 aromatic heterocycles. The lowest BCUT2D eigenvalue weighted by molar-refractivity contribution is -0.142. The fourth-order valence-corrected chi connectivity index (χ4v) is 5.23. The Hall–Kier alpha value is -3.35. The summed E-state index contributed by atoms with van der Waals surface area (Å²) in [6.45, 7) is 6.68. The van der Waals surface area contributed by atoms with Crippen LogP contribution in [0.4, 0.5) is 4.79 Å². The third-order valence-electron chi connectivity index (χ3n) is 7.21. The Kier molecular flexibility index (Phi) is 7.43. The van der Waals surface area contributed by atoms with Crippen molar-refractivity contribution in [2.45, 2.75) is 45.6 Å². The number of amides is 2. The first kappa shape index (κ1) is 24.8. The monoisotopic (exact) mass is 478 g/mol. The van der Waals surface area contributed by atoms with Crippen molar-refractivity contribution in [1.82, 2.24) is 10.2 Å². The molecule has 2 amide bonds. The van der Waals surface area contributed by atoms with Gasteiger partial charge in [-0.25, -0.2) is 4.79 Å². The summed E-state index contributed by atoms with van der Waals surface area (Å²) in [4.78, 5) is 39.2. The van der Waals surface area contributed by atoms with Crippen LogP contribution in [0.15, 0.2) is 48.5 Å². The van der Waals surface area contributed by atoms with Crippen LogP contribution in [0.1, 0.15) is 50.7 Å². The molecule has 3 atom stereocenters. The van der Waals surface area contributed by atoms with Gasteiger partial charge in [-0.1, -0.05) is 69.3 Å². The van der Waals surface area contributed by atoms with E-state index in [1.54, 1.807) is 4.90 Å². The molecule has 2 N–H and O–H groups in total. The molecule has 2 aromatic carbocycles. The zero-order valence-corrected chi connectivity index (χ0v) is 20.6. The number of nitrogens with zero attached hydrogens (tertiary/aromatic N) is 1. The fourth-order valence-electron chi connectivity index (χ4n) is 5.23. The number of carboxylic acids is 1. The zero-order chi connectivity index (χ0) is 25.1. The highest BCUT2D eigenvalue weighted by atomic mass is 16.5. The zero-order valence-electron chi connectivity index (χ0n) is 20.6. The average molecular weight is 479 g/mol. The number of carbonyl (C=O) groups excluding carboxylic acids is 2. The number of hydrogen-bond donors (Lipinski definition) is 2. The molecule has 2 aliphatic rings. The number of alkyl carbamates (subject to hydrolysis) is 1. The van der Waals surface area contributed by atoms with E-state index in [0.717, 1.165) is 28.7 Å². The summed E-state index contributed by atoms with van der Waals surface area (Å²) in [5, 5.41) is 12.2. The third-order valence-corrected chi connectivity index (χ3v) is 7.21. The van der Waals surface area contributed by atoms with Gasteiger partial charge in [-0.3, -0.25) is 9.59 Å². The molecule has 1 unspecified atom stereocenters. The number of rotatable bonds is 8. The maximum atomic E-state index is 13.3. The molecular weight excluding hydrogens is 444 g/mol. The van der Waals surface area contributed by atoms with Crippen molar-refractivity contribution in [3.63, 3.8) is 0 Å². The highest BCUT2D eigenvalue weighted by Gasteiger charge is 2.39. The third kappa shape index (κ3) is 5.34. The molecule has 35 heavy (non-hydrogen) atoms. The maximum Gasteiger partial charge on any atom is 0.407 e. The van der Waals surface area contributed by atoms with Gasteiger partial charge in [0.25, 0.3) is 0 Å². The minimum Gasteiger partial charge on any atom is -0.481 e. The number of ether oxygens (including phenoxy) is 1. The Bertz CT molecular complexity index is 1050. The molecule has 1 fully saturated rings. The van der Waals surface area contributed by atoms with Gasteiger partial charge in [-0.15, -0.1) is 0 Å². The van der Waals surface area contributed by atoms with Crippen LogP contribution in [0.5, 0.6) is 0 Å². The standard InChI is InChI=1S/C28H34N2O5/c1-17(2)12-13-25(26(31)30-14-18(3)23(15-30)27(32)33)29-28(34)35-16-24-21-10-6-4-8-19(21)20-9-5-7-11-22(20)24/h4-11,17-18,23-25H,12-16H2,1-3H3,(H,29,34)(H,32,33)/t18-,23-,25?/m1/s1. The Morgan fingerprint density at radius 2 is 1.60 bits per heavy atom. The summed E-state index contributed by atoms with van der Waals surface area (Å²) in [5.74, 6) is -1.55. The quantitative estimate of drug-likeness (QED) is 0.582. The average Bonchev–Trinajstić information content (AvgIpc) is 3.38. The predicted octanol–water partition coefficient (Wildman–Crippen LogP) is 4.51. The smallest absolute Gasteiger partial charge is 0.407 e. The van der Waals surface area contributed by atoms with Crippen molar-refractivity contribution in [2.24, 2.45) is 17.8 Å². The van der Waals surface area contributed by atoms with E-state index in [2.05, 4.69) is 43.4 Å². The number of fused-ring (bicyclic) bond motifs is 3. The molecule has 1 aliphatic heterocycles. The van der Waals surface area contributed by atoms with Gasteiger partial charge in [0.2, 0.25) is 5.91 Å². The second-order valence-electron chi connectivity index (χ2n) is 10.2. The lowest BCUT2D eigenvalue weighted by atomic mass is 9.98. The van der Waals surface area contributed by atoms with Gasteiger partial charge in [0.15, 0.2) is 0 Å². The van der Waals surface area contributed by atoms with Gasteiger partial charge in [-0.05, 0) is 46.9 Å². The van der Waals surface area contributed by atoms with Gasteiger partial charge in [0.05, 0.1) is 5.92 Å². The van der Waals surface area contributed by atoms with Crippen molar-refractivity contribution in [1.29, 1.82) is 0 Å². The maximum absolute atomic E-state index is 13.3. The largest absolute Gasteiger partial charge is 0.481 e. The van der Waals surface area contributed by atoms with Crippen molar-refractivity contribution in [2.75, 3.05) is 19.7 Å². The topological polar surface area (TPSA) is 95.9 Å². The van der Waals surface area contributed by atoms with E-state index >= 15 is 0 Å². The van der Waals surface area contributed by atoms with Crippen molar-refractivity contribution < 1.29 is 24.2 Å². The summed E-state index contributed by atoms with van der Waals surface area (Å²) in [6.07, 6.45) is 0.603. The molecule has 0 bridgehead atoms. The molecule has 7 heteroatoms. The summed E-state index contributed by atoms with van der Waals surface area (Å²) >= 11 is 0. The molecule has 0 spiro atoms. The number of benzene rings is 2. The van der Waals surface area contributed by atoms with Crippen LogP contribution in [0.3, 0.4) is 0 Å². The molecule has 186 valence electrons. The van der Waals surface area contributed by atoms with Crippen molar-refractivity contribution in [3.05, 3.63) is 59.7 Å². The number of carboxylic acid groups (broad SMARTS) is 1. The van der Waals surface area contributed by atoms with Gasteiger partial charge >= 0.3 is 12.1 Å². The van der Waals surface area contributed by atoms with E-state index in [1.165, 1.54) is 0 Å². The minimum atomic E-state index is -0.893. The van der Waals surface area contributed by atoms with Crippen LogP contribution in [0.25, 0.3) is 11.1 Å². The Balaban J connectivity index is 1.42. The summed E-state index contributed by atoms with van der Waals surface area (Å²) in [7, 11) is 0. The first-order valence-corrected chi connectivity index (χ1v) is 12.4. The Morgan fingerprint density at radius 3 is 2.14 bits per heavy atom. The van der Waals surface area contributed by atoms with Crippen LogP contribution in [0.2, 0.25) is 0 Å². The highest BCUT2D eigenvalue weighted by Crippen LogP contribution is 2.44. The number of likely N-dealkylation sites (tertiary alicyclic amines) is 1. The van der Waals surface area contributed by atoms with Crippen molar-refractivity contribution >= 4 is 18.0 Å². The van der Waals surface area contributed by atoms with Gasteiger partial charge in [0.1, 0.15) is 12.6 Å². The summed E-state index contributed by atoms with van der Waals surface area (Å²) < 4.78 is 5.66. The van der Waals surface area contributed by atoms with E-state index in [4.69, 9.17) is 4.74 Å². The second-order valence-corrected chi connectivity index (χ2v) is 10.2. The number of carbonyl (C=O) groups is 3. The fraction of sp³-hybridized carbons (Fsp3) is 0.464. The molecule has 1 aliphatic carbocycles. The summed E-state index contributed by atoms with van der Waals surface area (Å²) in [5.41, 5.74) is 4.55. The van der Waals surface area contributed by atoms with Crippen molar-refractivity contribution in [3.8, 4) is 11.1 Å². The van der Waals surface area contributed by atoms with E-state index in [1.807, 2.05) is 31.2 Å². The van der Waals surface area contributed by atoms with Crippen LogP contribution in [-0.2, 0) is 14.3 Å². The predicted molar refractivity (Wildman–Crippen MR) is 133 cm³/mol. The summed E-state index contributed by atoms with van der Waals surface area (Å²) in [6, 6.07) is 15.5. The lowest BCUT2D eigenvalue weighted by Gasteiger charge is -2.25. The van der Waals surface area contributed by atoms with Gasteiger partial charge in [-0.2, -0.15) is 0 Å². The van der Waals surface area contributed by atoms with Crippen LogP contribution >= 0.6 is 0 Å². The Morgan fingerprint density at radius 1 is 1.00 bits per heavy atom. The molecule has 4 rings (SSSR count). The number of aliphatic carboxylic acids is 1. The SMILES string of the molecule is CC(C)CCC(NC(=O)OCC1c2ccccc2-c2ccccc21)C(=O)N1C[C@@H](C)[C@H](C(=O)O)C1. The number of hydrogen-bond acceptors (Lipinski definition) is 4. The first-order valence-electron chi connectivity index (χ1n) is 12.4. The number of nitrogens with one attached hydrogen (secondary N) is 1. The molecule has 1 saturated heterocycles. The van der Waals surface area contributed by atoms with E-state index in [9.17, 15) is 19.5 Å². The van der Waals surface area contributed by atoms with Gasteiger partial charge in [0, 0.05) is 19.0 Å². The van der Waals surface area contributed by atoms with Gasteiger partial charge < -0.3 is 20.1 Å². The molecule has 7 nitrogen and oxygen atoms in total.